The number of unbranched alkanes of at least 4 members (excludes halogenated alkanes) is 12. The number of carbonyl (C=O) groups is 3. The van der Waals surface area contributed by atoms with Crippen LogP contribution in [0.2, 0.25) is 0 Å². The molecular formula is C29H43N2O3. The maximum atomic E-state index is 12.7. The molecule has 2 rings (SSSR count). The molecule has 1 heterocycles. The van der Waals surface area contributed by atoms with Gasteiger partial charge in [-0.15, -0.1) is 0 Å². The van der Waals surface area contributed by atoms with E-state index in [1.165, 1.54) is 94.1 Å². The predicted molar refractivity (Wildman–Crippen MR) is 139 cm³/mol. The largest absolute Gasteiger partial charge is 0.274 e. The number of imide groups is 1. The van der Waals surface area contributed by atoms with Gasteiger partial charge >= 0.3 is 0 Å². The van der Waals surface area contributed by atoms with Crippen molar-refractivity contribution in [3.63, 3.8) is 0 Å². The van der Waals surface area contributed by atoms with Crippen LogP contribution in [0, 0.1) is 5.92 Å². The zero-order valence-corrected chi connectivity index (χ0v) is 21.0. The molecule has 0 saturated carbocycles. The summed E-state index contributed by atoms with van der Waals surface area (Å²) < 4.78 is 0. The number of rotatable bonds is 18. The molecule has 1 fully saturated rings. The second-order valence-electron chi connectivity index (χ2n) is 9.57. The highest BCUT2D eigenvalue weighted by molar-refractivity contribution is 6.21. The SMILES string of the molecule is CCCCCCCCCCCCCCC=CCCC1CC(=O)N(c2cccc(C([NH])=O)c2)C1=O. The monoisotopic (exact) mass is 467 g/mol. The van der Waals surface area contributed by atoms with Crippen molar-refractivity contribution in [2.45, 2.75) is 110 Å². The molecule has 1 atom stereocenters. The Labute approximate surface area is 206 Å². The van der Waals surface area contributed by atoms with Crippen LogP contribution in [0.4, 0.5) is 5.69 Å². The van der Waals surface area contributed by atoms with Crippen molar-refractivity contribution < 1.29 is 14.4 Å². The van der Waals surface area contributed by atoms with Gasteiger partial charge in [0.05, 0.1) is 5.69 Å². The van der Waals surface area contributed by atoms with Crippen molar-refractivity contribution in [1.82, 2.24) is 5.73 Å². The Morgan fingerprint density at radius 3 is 2.12 bits per heavy atom. The Kier molecular flexibility index (Phi) is 13.3. The van der Waals surface area contributed by atoms with Crippen LogP contribution >= 0.6 is 0 Å². The molecule has 3 amide bonds. The Bertz CT molecular complexity index is 802. The van der Waals surface area contributed by atoms with Gasteiger partial charge < -0.3 is 0 Å². The van der Waals surface area contributed by atoms with Gasteiger partial charge in [0.15, 0.2) is 0 Å². The molecule has 0 aromatic heterocycles. The number of anilines is 1. The Morgan fingerprint density at radius 1 is 0.912 bits per heavy atom. The number of hydrogen-bond acceptors (Lipinski definition) is 3. The first-order valence-corrected chi connectivity index (χ1v) is 13.4. The molecule has 1 aliphatic rings. The van der Waals surface area contributed by atoms with Gasteiger partial charge in [-0.05, 0) is 43.9 Å². The number of allylic oxidation sites excluding steroid dienone is 2. The summed E-state index contributed by atoms with van der Waals surface area (Å²) in [4.78, 5) is 37.6. The highest BCUT2D eigenvalue weighted by Crippen LogP contribution is 2.29. The molecule has 0 spiro atoms. The summed E-state index contributed by atoms with van der Waals surface area (Å²) in [7, 11) is 0. The van der Waals surface area contributed by atoms with Crippen molar-refractivity contribution >= 4 is 23.4 Å². The predicted octanol–water partition coefficient (Wildman–Crippen LogP) is 7.42. The Morgan fingerprint density at radius 2 is 1.50 bits per heavy atom. The van der Waals surface area contributed by atoms with Crippen molar-refractivity contribution in [2.24, 2.45) is 5.92 Å². The van der Waals surface area contributed by atoms with Gasteiger partial charge in [-0.2, -0.15) is 0 Å². The Balaban J connectivity index is 1.54. The van der Waals surface area contributed by atoms with E-state index in [0.717, 1.165) is 12.8 Å². The topological polar surface area (TPSA) is 78.2 Å². The fourth-order valence-electron chi connectivity index (χ4n) is 4.61. The third-order valence-electron chi connectivity index (χ3n) is 6.68. The molecule has 1 N–H and O–H groups in total. The van der Waals surface area contributed by atoms with E-state index >= 15 is 0 Å². The summed E-state index contributed by atoms with van der Waals surface area (Å²) in [6.07, 6.45) is 23.4. The first kappa shape index (κ1) is 27.8. The highest BCUT2D eigenvalue weighted by Gasteiger charge is 2.38. The number of hydrogen-bond donors (Lipinski definition) is 0. The number of nitrogens with one attached hydrogen (secondary N) is 1. The number of benzene rings is 1. The maximum Gasteiger partial charge on any atom is 0.269 e. The van der Waals surface area contributed by atoms with Crippen LogP contribution in [0.3, 0.4) is 0 Å². The smallest absolute Gasteiger partial charge is 0.269 e. The lowest BCUT2D eigenvalue weighted by Gasteiger charge is -2.15. The number of amides is 3. The molecule has 1 aromatic rings. The van der Waals surface area contributed by atoms with E-state index in [1.54, 1.807) is 12.1 Å². The van der Waals surface area contributed by atoms with Crippen LogP contribution in [0.15, 0.2) is 36.4 Å². The standard InChI is InChI=1S/C29H43N2O3/c1-2-3-4-5-6-7-8-9-10-11-12-13-14-15-16-17-19-25-23-27(32)31(29(25)34)26-21-18-20-24(22-26)28(30)33/h15-16,18,20-22,25,30H,2-14,17,19,23H2,1H3. The minimum Gasteiger partial charge on any atom is -0.274 e. The average Bonchev–Trinajstić information content (AvgIpc) is 3.11. The molecule has 1 radical (unpaired) electrons. The molecule has 1 aromatic carbocycles. The first-order chi connectivity index (χ1) is 16.5. The molecular weight excluding hydrogens is 424 g/mol. The third-order valence-corrected chi connectivity index (χ3v) is 6.68. The molecule has 1 unspecified atom stereocenters. The van der Waals surface area contributed by atoms with Crippen molar-refractivity contribution in [2.75, 3.05) is 4.90 Å². The molecule has 5 heteroatoms. The molecule has 0 aliphatic carbocycles. The second-order valence-corrected chi connectivity index (χ2v) is 9.57. The summed E-state index contributed by atoms with van der Waals surface area (Å²) in [5.41, 5.74) is 7.80. The summed E-state index contributed by atoms with van der Waals surface area (Å²) in [5.74, 6) is -1.56. The summed E-state index contributed by atoms with van der Waals surface area (Å²) in [6, 6.07) is 6.20. The molecule has 5 nitrogen and oxygen atoms in total. The van der Waals surface area contributed by atoms with E-state index in [9.17, 15) is 14.4 Å². The molecule has 34 heavy (non-hydrogen) atoms. The van der Waals surface area contributed by atoms with Gasteiger partial charge in [0, 0.05) is 17.9 Å². The van der Waals surface area contributed by atoms with Crippen molar-refractivity contribution in [3.8, 4) is 0 Å². The van der Waals surface area contributed by atoms with Crippen LogP contribution in [0.25, 0.3) is 0 Å². The highest BCUT2D eigenvalue weighted by atomic mass is 16.2. The van der Waals surface area contributed by atoms with E-state index in [4.69, 9.17) is 5.73 Å². The number of nitrogens with zero attached hydrogens (tertiary/aromatic N) is 1. The van der Waals surface area contributed by atoms with Crippen molar-refractivity contribution in [1.29, 1.82) is 0 Å². The van der Waals surface area contributed by atoms with Crippen molar-refractivity contribution in [3.05, 3.63) is 42.0 Å². The van der Waals surface area contributed by atoms with E-state index < -0.39 is 5.91 Å². The van der Waals surface area contributed by atoms with Crippen LogP contribution < -0.4 is 10.6 Å². The lowest BCUT2D eigenvalue weighted by atomic mass is 10.0. The molecule has 187 valence electrons. The summed E-state index contributed by atoms with van der Waals surface area (Å²) in [5, 5.41) is 0. The molecule has 1 aliphatic heterocycles. The van der Waals surface area contributed by atoms with E-state index in [0.29, 0.717) is 12.1 Å². The maximum absolute atomic E-state index is 12.7. The van der Waals surface area contributed by atoms with Gasteiger partial charge in [-0.1, -0.05) is 95.8 Å². The molecule has 1 saturated heterocycles. The van der Waals surface area contributed by atoms with Gasteiger partial charge in [-0.25, -0.2) is 0 Å². The van der Waals surface area contributed by atoms with E-state index in [2.05, 4.69) is 19.1 Å². The van der Waals surface area contributed by atoms with Gasteiger partial charge in [0.1, 0.15) is 0 Å². The zero-order chi connectivity index (χ0) is 24.6. The third kappa shape index (κ3) is 9.82. The minimum atomic E-state index is -0.823. The second kappa shape index (κ2) is 16.2. The van der Waals surface area contributed by atoms with E-state index in [-0.39, 0.29) is 29.7 Å². The molecule has 0 bridgehead atoms. The lowest BCUT2D eigenvalue weighted by molar-refractivity contribution is -0.122. The average molecular weight is 468 g/mol. The quantitative estimate of drug-likeness (QED) is 0.128. The zero-order valence-electron chi connectivity index (χ0n) is 21.0. The fraction of sp³-hybridized carbons (Fsp3) is 0.621. The summed E-state index contributed by atoms with van der Waals surface area (Å²) >= 11 is 0. The fourth-order valence-corrected chi connectivity index (χ4v) is 4.61. The number of carbonyl (C=O) groups excluding carboxylic acids is 3. The minimum absolute atomic E-state index is 0.183. The van der Waals surface area contributed by atoms with Crippen LogP contribution in [0.1, 0.15) is 120 Å². The lowest BCUT2D eigenvalue weighted by Crippen LogP contribution is -2.30. The van der Waals surface area contributed by atoms with E-state index in [1.807, 2.05) is 0 Å². The van der Waals surface area contributed by atoms with Gasteiger partial charge in [0.25, 0.3) is 5.91 Å². The van der Waals surface area contributed by atoms with Gasteiger partial charge in [0.2, 0.25) is 11.8 Å². The Hall–Kier alpha value is -2.43. The summed E-state index contributed by atoms with van der Waals surface area (Å²) in [6.45, 7) is 2.26. The van der Waals surface area contributed by atoms with Gasteiger partial charge in [-0.3, -0.25) is 25.0 Å². The first-order valence-electron chi connectivity index (χ1n) is 13.4. The van der Waals surface area contributed by atoms with Crippen LogP contribution in [0.5, 0.6) is 0 Å². The van der Waals surface area contributed by atoms with Crippen LogP contribution in [-0.4, -0.2) is 17.7 Å². The normalized spacial score (nSPS) is 16.1. The van der Waals surface area contributed by atoms with Crippen LogP contribution in [-0.2, 0) is 9.59 Å².